The third-order valence-corrected chi connectivity index (χ3v) is 6.43. The molecule has 1 aromatic heterocycles. The Morgan fingerprint density at radius 2 is 1.79 bits per heavy atom. The second-order valence-electron chi connectivity index (χ2n) is 9.91. The molecule has 1 aromatic carbocycles. The molecule has 0 bridgehead atoms. The molecule has 0 saturated carbocycles. The highest BCUT2D eigenvalue weighted by molar-refractivity contribution is 5.94. The summed E-state index contributed by atoms with van der Waals surface area (Å²) in [4.78, 5) is 20.9. The fourth-order valence-electron chi connectivity index (χ4n) is 4.60. The van der Waals surface area contributed by atoms with E-state index >= 15 is 0 Å². The van der Waals surface area contributed by atoms with E-state index in [0.29, 0.717) is 50.0 Å². The molecular formula is C26H34FN3O3. The Morgan fingerprint density at radius 3 is 2.36 bits per heavy atom. The highest BCUT2D eigenvalue weighted by Crippen LogP contribution is 2.24. The number of likely N-dealkylation sites (tertiary alicyclic amines) is 2. The summed E-state index contributed by atoms with van der Waals surface area (Å²) in [7, 11) is 0. The molecule has 4 rings (SSSR count). The number of aliphatic hydroxyl groups excluding tert-OH is 1. The molecule has 0 radical (unpaired) electrons. The lowest BCUT2D eigenvalue weighted by Gasteiger charge is -2.34. The van der Waals surface area contributed by atoms with Crippen LogP contribution in [0.4, 0.5) is 4.39 Å². The molecule has 0 unspecified atom stereocenters. The fourth-order valence-corrected chi connectivity index (χ4v) is 4.60. The summed E-state index contributed by atoms with van der Waals surface area (Å²) in [6.45, 7) is 7.19. The Kier molecular flexibility index (Phi) is 7.29. The number of aromatic nitrogens is 1. The minimum Gasteiger partial charge on any atom is -0.477 e. The Morgan fingerprint density at radius 1 is 1.09 bits per heavy atom. The van der Waals surface area contributed by atoms with Crippen molar-refractivity contribution in [2.24, 2.45) is 5.92 Å². The minimum absolute atomic E-state index is 0.0424. The number of aliphatic hydroxyl groups is 1. The lowest BCUT2D eigenvalue weighted by Crippen LogP contribution is -2.41. The standard InChI is InChI=1S/C26H34FN3O3/c1-26(2,27)18-29-12-9-19(10-13-29)17-33-24-8-7-22(15-28-24)20-3-5-21(6-4-20)25(32)30-14-11-23(31)16-30/h3-8,15,19,23,31H,9-14,16-18H2,1-2H3/t23-/m1/s1. The van der Waals surface area contributed by atoms with E-state index in [1.165, 1.54) is 0 Å². The number of nitrogens with zero attached hydrogens (tertiary/aromatic N) is 3. The summed E-state index contributed by atoms with van der Waals surface area (Å²) in [5.74, 6) is 1.02. The molecule has 178 valence electrons. The van der Waals surface area contributed by atoms with Crippen molar-refractivity contribution in [3.63, 3.8) is 0 Å². The van der Waals surface area contributed by atoms with Gasteiger partial charge in [0.25, 0.3) is 5.91 Å². The predicted octanol–water partition coefficient (Wildman–Crippen LogP) is 3.79. The van der Waals surface area contributed by atoms with Crippen LogP contribution in [-0.2, 0) is 0 Å². The number of ether oxygens (including phenoxy) is 1. The number of carbonyl (C=O) groups excluding carboxylic acids is 1. The maximum atomic E-state index is 13.8. The number of β-amino-alcohol motifs (C(OH)–C–C–N with tert-alkyl or cyclic N) is 1. The Balaban J connectivity index is 1.26. The lowest BCUT2D eigenvalue weighted by atomic mass is 9.97. The van der Waals surface area contributed by atoms with Crippen LogP contribution >= 0.6 is 0 Å². The van der Waals surface area contributed by atoms with Gasteiger partial charge in [-0.15, -0.1) is 0 Å². The monoisotopic (exact) mass is 455 g/mol. The van der Waals surface area contributed by atoms with E-state index in [2.05, 4.69) is 9.88 Å². The zero-order valence-corrected chi connectivity index (χ0v) is 19.5. The smallest absolute Gasteiger partial charge is 0.253 e. The molecule has 0 spiro atoms. The number of hydrogen-bond acceptors (Lipinski definition) is 5. The summed E-state index contributed by atoms with van der Waals surface area (Å²) in [5, 5.41) is 9.64. The Labute approximate surface area is 195 Å². The van der Waals surface area contributed by atoms with Crippen LogP contribution in [0, 0.1) is 5.92 Å². The molecule has 2 saturated heterocycles. The summed E-state index contributed by atoms with van der Waals surface area (Å²) in [6.07, 6.45) is 4.03. The van der Waals surface area contributed by atoms with Crippen LogP contribution in [0.2, 0.25) is 0 Å². The third kappa shape index (κ3) is 6.51. The van der Waals surface area contributed by atoms with Gasteiger partial charge in [-0.1, -0.05) is 12.1 Å². The second kappa shape index (κ2) is 10.2. The van der Waals surface area contributed by atoms with Crippen LogP contribution in [0.15, 0.2) is 42.6 Å². The molecule has 1 atom stereocenters. The topological polar surface area (TPSA) is 65.9 Å². The third-order valence-electron chi connectivity index (χ3n) is 6.43. The number of benzene rings is 1. The van der Waals surface area contributed by atoms with Crippen molar-refractivity contribution in [2.45, 2.75) is 44.9 Å². The van der Waals surface area contributed by atoms with Gasteiger partial charge in [0.05, 0.1) is 12.7 Å². The highest BCUT2D eigenvalue weighted by atomic mass is 19.1. The van der Waals surface area contributed by atoms with Gasteiger partial charge in [0.2, 0.25) is 5.88 Å². The van der Waals surface area contributed by atoms with Crippen molar-refractivity contribution < 1.29 is 19.0 Å². The maximum absolute atomic E-state index is 13.8. The second-order valence-corrected chi connectivity index (χ2v) is 9.91. The van der Waals surface area contributed by atoms with E-state index in [1.807, 2.05) is 36.4 Å². The predicted molar refractivity (Wildman–Crippen MR) is 126 cm³/mol. The normalized spacial score (nSPS) is 20.2. The SMILES string of the molecule is CC(C)(F)CN1CCC(COc2ccc(-c3ccc(C(=O)N4CC[C@@H](O)C4)cc3)cn2)CC1. The molecule has 3 heterocycles. The zero-order chi connectivity index (χ0) is 23.4. The van der Waals surface area contributed by atoms with Gasteiger partial charge in [-0.2, -0.15) is 0 Å². The van der Waals surface area contributed by atoms with E-state index in [1.54, 1.807) is 24.9 Å². The van der Waals surface area contributed by atoms with Crippen LogP contribution in [0.5, 0.6) is 5.88 Å². The molecule has 2 fully saturated rings. The van der Waals surface area contributed by atoms with Gasteiger partial charge in [0.15, 0.2) is 0 Å². The number of amides is 1. The van der Waals surface area contributed by atoms with E-state index in [0.717, 1.165) is 37.1 Å². The number of halogens is 1. The van der Waals surface area contributed by atoms with Gasteiger partial charge in [0.1, 0.15) is 5.67 Å². The molecular weight excluding hydrogens is 421 g/mol. The first-order valence-corrected chi connectivity index (χ1v) is 11.8. The van der Waals surface area contributed by atoms with Crippen molar-refractivity contribution in [1.82, 2.24) is 14.8 Å². The van der Waals surface area contributed by atoms with Crippen molar-refractivity contribution in [2.75, 3.05) is 39.3 Å². The van der Waals surface area contributed by atoms with E-state index in [9.17, 15) is 14.3 Å². The number of rotatable bonds is 7. The molecule has 2 aromatic rings. The first-order valence-electron chi connectivity index (χ1n) is 11.8. The Bertz CT molecular complexity index is 919. The lowest BCUT2D eigenvalue weighted by molar-refractivity contribution is 0.0765. The van der Waals surface area contributed by atoms with Crippen molar-refractivity contribution in [3.8, 4) is 17.0 Å². The average Bonchev–Trinajstić information content (AvgIpc) is 3.24. The average molecular weight is 456 g/mol. The van der Waals surface area contributed by atoms with Gasteiger partial charge < -0.3 is 19.6 Å². The molecule has 2 aliphatic rings. The molecule has 1 amide bonds. The first kappa shape index (κ1) is 23.6. The first-order chi connectivity index (χ1) is 15.8. The number of alkyl halides is 1. The Hall–Kier alpha value is -2.51. The zero-order valence-electron chi connectivity index (χ0n) is 19.5. The van der Waals surface area contributed by atoms with Gasteiger partial charge in [-0.05, 0) is 75.9 Å². The fraction of sp³-hybridized carbons (Fsp3) is 0.538. The summed E-state index contributed by atoms with van der Waals surface area (Å²) < 4.78 is 19.7. The molecule has 2 aliphatic heterocycles. The highest BCUT2D eigenvalue weighted by Gasteiger charge is 2.26. The van der Waals surface area contributed by atoms with E-state index in [-0.39, 0.29) is 5.91 Å². The molecule has 0 aliphatic carbocycles. The summed E-state index contributed by atoms with van der Waals surface area (Å²) >= 11 is 0. The maximum Gasteiger partial charge on any atom is 0.253 e. The summed E-state index contributed by atoms with van der Waals surface area (Å²) in [6, 6.07) is 11.3. The number of piperidine rings is 1. The number of carbonyl (C=O) groups is 1. The minimum atomic E-state index is -1.15. The molecule has 6 nitrogen and oxygen atoms in total. The summed E-state index contributed by atoms with van der Waals surface area (Å²) in [5.41, 5.74) is 1.42. The van der Waals surface area contributed by atoms with Gasteiger partial charge in [-0.25, -0.2) is 9.37 Å². The van der Waals surface area contributed by atoms with Crippen LogP contribution in [0.1, 0.15) is 43.5 Å². The molecule has 7 heteroatoms. The van der Waals surface area contributed by atoms with Crippen LogP contribution < -0.4 is 4.74 Å². The van der Waals surface area contributed by atoms with Gasteiger partial charge in [-0.3, -0.25) is 4.79 Å². The van der Waals surface area contributed by atoms with E-state index in [4.69, 9.17) is 4.74 Å². The van der Waals surface area contributed by atoms with Crippen LogP contribution in [0.25, 0.3) is 11.1 Å². The largest absolute Gasteiger partial charge is 0.477 e. The van der Waals surface area contributed by atoms with Gasteiger partial charge >= 0.3 is 0 Å². The van der Waals surface area contributed by atoms with E-state index < -0.39 is 11.8 Å². The van der Waals surface area contributed by atoms with Crippen molar-refractivity contribution >= 4 is 5.91 Å². The van der Waals surface area contributed by atoms with Crippen molar-refractivity contribution in [1.29, 1.82) is 0 Å². The molecule has 33 heavy (non-hydrogen) atoms. The number of hydrogen-bond donors (Lipinski definition) is 1. The van der Waals surface area contributed by atoms with Gasteiger partial charge in [0, 0.05) is 43.0 Å². The number of pyridine rings is 1. The molecule has 1 N–H and O–H groups in total. The van der Waals surface area contributed by atoms with Crippen molar-refractivity contribution in [3.05, 3.63) is 48.2 Å². The van der Waals surface area contributed by atoms with Crippen LogP contribution in [0.3, 0.4) is 0 Å². The van der Waals surface area contributed by atoms with Crippen LogP contribution in [-0.4, -0.2) is 76.9 Å². The quantitative estimate of drug-likeness (QED) is 0.688.